The number of rotatable bonds is 3. The normalized spacial score (nSPS) is 25.5. The van der Waals surface area contributed by atoms with Gasteiger partial charge in [0.1, 0.15) is 0 Å². The molecule has 1 fully saturated rings. The highest BCUT2D eigenvalue weighted by Crippen LogP contribution is 2.33. The second-order valence-electron chi connectivity index (χ2n) is 6.74. The zero-order valence-electron chi connectivity index (χ0n) is 13.0. The lowest BCUT2D eigenvalue weighted by atomic mass is 9.90. The second kappa shape index (κ2) is 6.48. The summed E-state index contributed by atoms with van der Waals surface area (Å²) >= 11 is 0. The Morgan fingerprint density at radius 3 is 2.55 bits per heavy atom. The van der Waals surface area contributed by atoms with Crippen molar-refractivity contribution in [2.45, 2.75) is 43.9 Å². The monoisotopic (exact) mass is 344 g/mol. The summed E-state index contributed by atoms with van der Waals surface area (Å²) in [5.41, 5.74) is 8.22. The lowest BCUT2D eigenvalue weighted by Gasteiger charge is -2.23. The smallest absolute Gasteiger partial charge is 0.243 e. The molecule has 2 N–H and O–H groups in total. The first-order valence-corrected chi connectivity index (χ1v) is 9.21. The van der Waals surface area contributed by atoms with E-state index in [2.05, 4.69) is 6.92 Å². The van der Waals surface area contributed by atoms with Gasteiger partial charge in [0.25, 0.3) is 0 Å². The molecule has 1 aromatic rings. The fraction of sp³-hybridized carbons (Fsp3) is 0.625. The van der Waals surface area contributed by atoms with E-state index in [4.69, 9.17) is 5.73 Å². The van der Waals surface area contributed by atoms with Crippen LogP contribution in [0.3, 0.4) is 0 Å². The lowest BCUT2D eigenvalue weighted by Crippen LogP contribution is -2.34. The summed E-state index contributed by atoms with van der Waals surface area (Å²) in [7, 11) is -3.38. The van der Waals surface area contributed by atoms with Crippen LogP contribution < -0.4 is 5.73 Å². The number of hydrogen-bond acceptors (Lipinski definition) is 3. The Labute approximate surface area is 139 Å². The molecule has 0 amide bonds. The van der Waals surface area contributed by atoms with E-state index in [1.54, 1.807) is 10.4 Å². The topological polar surface area (TPSA) is 63.4 Å². The van der Waals surface area contributed by atoms with Crippen molar-refractivity contribution in [2.75, 3.05) is 19.6 Å². The van der Waals surface area contributed by atoms with Gasteiger partial charge in [-0.25, -0.2) is 8.42 Å². The summed E-state index contributed by atoms with van der Waals surface area (Å²) in [6.45, 7) is 3.70. The van der Waals surface area contributed by atoms with E-state index in [0.717, 1.165) is 25.7 Å². The molecule has 6 heteroatoms. The standard InChI is InChI=1S/C16H24N2O2S.ClH/c1-16(11-17)8-9-18(12-16)21(19,20)15-7-6-13-4-2-3-5-14(13)10-15;/h6-7,10H,2-5,8-9,11-12,17H2,1H3;1H. The molecule has 1 atom stereocenters. The predicted octanol–water partition coefficient (Wildman–Crippen LogP) is 2.35. The molecule has 22 heavy (non-hydrogen) atoms. The molecule has 1 heterocycles. The third-order valence-corrected chi connectivity index (χ3v) is 6.81. The van der Waals surface area contributed by atoms with Gasteiger partial charge in [-0.2, -0.15) is 4.31 Å². The Morgan fingerprint density at radius 2 is 1.91 bits per heavy atom. The maximum atomic E-state index is 12.8. The first kappa shape index (κ1) is 17.7. The first-order chi connectivity index (χ1) is 9.94. The first-order valence-electron chi connectivity index (χ1n) is 7.77. The van der Waals surface area contributed by atoms with Gasteiger partial charge in [0.15, 0.2) is 0 Å². The minimum atomic E-state index is -3.38. The van der Waals surface area contributed by atoms with Crippen LogP contribution in [0.4, 0.5) is 0 Å². The van der Waals surface area contributed by atoms with Crippen LogP contribution in [0.25, 0.3) is 0 Å². The van der Waals surface area contributed by atoms with Crippen LogP contribution in [-0.2, 0) is 22.9 Å². The van der Waals surface area contributed by atoms with Crippen LogP contribution >= 0.6 is 12.4 Å². The number of aryl methyl sites for hydroxylation is 2. The van der Waals surface area contributed by atoms with Gasteiger partial charge < -0.3 is 5.73 Å². The average molecular weight is 345 g/mol. The Kier molecular flexibility index (Phi) is 5.22. The number of benzene rings is 1. The summed E-state index contributed by atoms with van der Waals surface area (Å²) < 4.78 is 27.2. The summed E-state index contributed by atoms with van der Waals surface area (Å²) in [6, 6.07) is 5.67. The van der Waals surface area contributed by atoms with Crippen LogP contribution in [0.5, 0.6) is 0 Å². The van der Waals surface area contributed by atoms with Gasteiger partial charge in [-0.1, -0.05) is 13.0 Å². The summed E-state index contributed by atoms with van der Waals surface area (Å²) in [5.74, 6) is 0. The number of fused-ring (bicyclic) bond motifs is 1. The van der Waals surface area contributed by atoms with E-state index in [1.807, 2.05) is 12.1 Å². The molecule has 0 aromatic heterocycles. The summed E-state index contributed by atoms with van der Waals surface area (Å²) in [6.07, 6.45) is 5.28. The lowest BCUT2D eigenvalue weighted by molar-refractivity contribution is 0.349. The molecule has 1 saturated heterocycles. The van der Waals surface area contributed by atoms with Crippen LogP contribution in [-0.4, -0.2) is 32.4 Å². The fourth-order valence-corrected chi connectivity index (χ4v) is 5.01. The molecule has 0 saturated carbocycles. The van der Waals surface area contributed by atoms with Gasteiger partial charge in [-0.05, 0) is 67.3 Å². The van der Waals surface area contributed by atoms with Crippen molar-refractivity contribution in [1.29, 1.82) is 0 Å². The SMILES string of the molecule is CC1(CN)CCN(S(=O)(=O)c2ccc3c(c2)CCCC3)C1.Cl. The van der Waals surface area contributed by atoms with Crippen LogP contribution in [0, 0.1) is 5.41 Å². The molecule has 1 aromatic carbocycles. The van der Waals surface area contributed by atoms with Crippen LogP contribution in [0.2, 0.25) is 0 Å². The Hall–Kier alpha value is -0.620. The number of sulfonamides is 1. The van der Waals surface area contributed by atoms with Gasteiger partial charge in [0.05, 0.1) is 4.90 Å². The van der Waals surface area contributed by atoms with Gasteiger partial charge in [0.2, 0.25) is 10.0 Å². The van der Waals surface area contributed by atoms with E-state index in [0.29, 0.717) is 24.5 Å². The summed E-state index contributed by atoms with van der Waals surface area (Å²) in [4.78, 5) is 0.449. The van der Waals surface area contributed by atoms with Crippen molar-refractivity contribution < 1.29 is 8.42 Å². The van der Waals surface area contributed by atoms with Gasteiger partial charge in [-0.15, -0.1) is 12.4 Å². The summed E-state index contributed by atoms with van der Waals surface area (Å²) in [5, 5.41) is 0. The van der Waals surface area contributed by atoms with Gasteiger partial charge >= 0.3 is 0 Å². The van der Waals surface area contributed by atoms with Crippen molar-refractivity contribution in [2.24, 2.45) is 11.1 Å². The van der Waals surface area contributed by atoms with Crippen molar-refractivity contribution in [3.8, 4) is 0 Å². The highest BCUT2D eigenvalue weighted by atomic mass is 35.5. The molecular weight excluding hydrogens is 320 g/mol. The number of nitrogens with zero attached hydrogens (tertiary/aromatic N) is 1. The molecule has 0 spiro atoms. The average Bonchev–Trinajstić information content (AvgIpc) is 2.91. The van der Waals surface area contributed by atoms with Crippen molar-refractivity contribution in [3.63, 3.8) is 0 Å². The zero-order valence-corrected chi connectivity index (χ0v) is 14.7. The molecule has 124 valence electrons. The molecule has 1 aliphatic carbocycles. The second-order valence-corrected chi connectivity index (χ2v) is 8.68. The third-order valence-electron chi connectivity index (χ3n) is 4.97. The Balaban J connectivity index is 0.00000176. The Morgan fingerprint density at radius 1 is 1.23 bits per heavy atom. The van der Waals surface area contributed by atoms with E-state index in [1.165, 1.54) is 17.5 Å². The highest BCUT2D eigenvalue weighted by molar-refractivity contribution is 7.89. The predicted molar refractivity (Wildman–Crippen MR) is 90.9 cm³/mol. The number of nitrogens with two attached hydrogens (primary N) is 1. The quantitative estimate of drug-likeness (QED) is 0.915. The van der Waals surface area contributed by atoms with Crippen LogP contribution in [0.1, 0.15) is 37.3 Å². The maximum Gasteiger partial charge on any atom is 0.243 e. The number of hydrogen-bond donors (Lipinski definition) is 1. The highest BCUT2D eigenvalue weighted by Gasteiger charge is 2.39. The van der Waals surface area contributed by atoms with Crippen molar-refractivity contribution in [1.82, 2.24) is 4.31 Å². The van der Waals surface area contributed by atoms with Crippen molar-refractivity contribution >= 4 is 22.4 Å². The van der Waals surface area contributed by atoms with E-state index < -0.39 is 10.0 Å². The van der Waals surface area contributed by atoms with Crippen molar-refractivity contribution in [3.05, 3.63) is 29.3 Å². The third kappa shape index (κ3) is 3.18. The molecule has 2 aliphatic rings. The largest absolute Gasteiger partial charge is 0.330 e. The van der Waals surface area contributed by atoms with Gasteiger partial charge in [0, 0.05) is 13.1 Å². The number of halogens is 1. The molecule has 4 nitrogen and oxygen atoms in total. The minimum Gasteiger partial charge on any atom is -0.330 e. The fourth-order valence-electron chi connectivity index (χ4n) is 3.37. The van der Waals surface area contributed by atoms with Gasteiger partial charge in [-0.3, -0.25) is 0 Å². The molecular formula is C16H25ClN2O2S. The Bertz CT molecular complexity index is 648. The minimum absolute atomic E-state index is 0. The van der Waals surface area contributed by atoms with E-state index in [-0.39, 0.29) is 17.8 Å². The zero-order chi connectivity index (χ0) is 15.1. The molecule has 0 radical (unpaired) electrons. The maximum absolute atomic E-state index is 12.8. The van der Waals surface area contributed by atoms with Crippen LogP contribution in [0.15, 0.2) is 23.1 Å². The van der Waals surface area contributed by atoms with E-state index in [9.17, 15) is 8.42 Å². The van der Waals surface area contributed by atoms with E-state index >= 15 is 0 Å². The molecule has 3 rings (SSSR count). The molecule has 1 aliphatic heterocycles. The molecule has 1 unspecified atom stereocenters. The molecule has 0 bridgehead atoms.